The molecular weight excluding hydrogens is 246 g/mol. The van der Waals surface area contributed by atoms with Gasteiger partial charge in [0.15, 0.2) is 0 Å². The third-order valence-electron chi connectivity index (χ3n) is 4.49. The van der Waals surface area contributed by atoms with Gasteiger partial charge in [0, 0.05) is 0 Å². The van der Waals surface area contributed by atoms with Crippen LogP contribution in [0.1, 0.15) is 42.9 Å². The van der Waals surface area contributed by atoms with E-state index in [1.165, 1.54) is 47.9 Å². The van der Waals surface area contributed by atoms with Crippen LogP contribution in [-0.2, 0) is 4.84 Å². The van der Waals surface area contributed by atoms with Crippen molar-refractivity contribution in [3.8, 4) is 11.1 Å². The number of benzene rings is 2. The summed E-state index contributed by atoms with van der Waals surface area (Å²) in [6.07, 6.45) is 5.34. The van der Waals surface area contributed by atoms with E-state index in [0.717, 1.165) is 0 Å². The standard InChI is InChI=1S/C18H19NO/c1-2-8-13(7-1)20-19-18-16-11-5-3-9-14(16)15-10-4-6-12-17(15)18/h3-6,9-13,18-19H,1-2,7-8H2. The molecule has 2 aromatic rings. The first kappa shape index (κ1) is 12.1. The van der Waals surface area contributed by atoms with Gasteiger partial charge in [-0.15, -0.1) is 0 Å². The van der Waals surface area contributed by atoms with Gasteiger partial charge in [-0.1, -0.05) is 61.4 Å². The van der Waals surface area contributed by atoms with Gasteiger partial charge in [-0.05, 0) is 35.1 Å². The molecule has 0 spiro atoms. The van der Waals surface area contributed by atoms with Crippen LogP contribution in [0.3, 0.4) is 0 Å². The molecule has 0 radical (unpaired) electrons. The summed E-state index contributed by atoms with van der Waals surface area (Å²) in [5.74, 6) is 0. The molecule has 0 atom stereocenters. The highest BCUT2D eigenvalue weighted by atomic mass is 16.7. The maximum Gasteiger partial charge on any atom is 0.0833 e. The van der Waals surface area contributed by atoms with Crippen LogP contribution >= 0.6 is 0 Å². The summed E-state index contributed by atoms with van der Waals surface area (Å²) in [6.45, 7) is 0. The second-order valence-electron chi connectivity index (χ2n) is 5.75. The fourth-order valence-electron chi connectivity index (χ4n) is 3.45. The van der Waals surface area contributed by atoms with Gasteiger partial charge >= 0.3 is 0 Å². The Hall–Kier alpha value is -1.64. The van der Waals surface area contributed by atoms with Crippen LogP contribution in [0.25, 0.3) is 11.1 Å². The van der Waals surface area contributed by atoms with E-state index in [0.29, 0.717) is 6.10 Å². The predicted octanol–water partition coefficient (Wildman–Crippen LogP) is 4.22. The highest BCUT2D eigenvalue weighted by molar-refractivity contribution is 5.78. The third-order valence-corrected chi connectivity index (χ3v) is 4.49. The lowest BCUT2D eigenvalue weighted by molar-refractivity contribution is -0.0333. The van der Waals surface area contributed by atoms with Gasteiger partial charge < -0.3 is 0 Å². The monoisotopic (exact) mass is 265 g/mol. The van der Waals surface area contributed by atoms with Gasteiger partial charge in [0.1, 0.15) is 0 Å². The molecule has 0 amide bonds. The average Bonchev–Trinajstić information content (AvgIpc) is 3.11. The Morgan fingerprint density at radius 2 is 1.35 bits per heavy atom. The zero-order chi connectivity index (χ0) is 13.4. The van der Waals surface area contributed by atoms with Crippen LogP contribution in [0.2, 0.25) is 0 Å². The zero-order valence-corrected chi connectivity index (χ0v) is 11.5. The molecule has 1 N–H and O–H groups in total. The fourth-order valence-corrected chi connectivity index (χ4v) is 3.45. The van der Waals surface area contributed by atoms with Gasteiger partial charge in [0.2, 0.25) is 0 Å². The van der Waals surface area contributed by atoms with Crippen molar-refractivity contribution in [2.45, 2.75) is 37.8 Å². The summed E-state index contributed by atoms with van der Waals surface area (Å²) >= 11 is 0. The lowest BCUT2D eigenvalue weighted by atomic mass is 10.1. The Labute approximate surface area is 119 Å². The van der Waals surface area contributed by atoms with Crippen LogP contribution in [0, 0.1) is 0 Å². The van der Waals surface area contributed by atoms with Crippen LogP contribution in [-0.4, -0.2) is 6.10 Å². The van der Waals surface area contributed by atoms with E-state index in [-0.39, 0.29) is 6.04 Å². The van der Waals surface area contributed by atoms with E-state index in [4.69, 9.17) is 4.84 Å². The molecular formula is C18H19NO. The number of hydroxylamine groups is 1. The van der Waals surface area contributed by atoms with Crippen LogP contribution < -0.4 is 5.48 Å². The first-order valence-corrected chi connectivity index (χ1v) is 7.53. The number of rotatable bonds is 3. The number of fused-ring (bicyclic) bond motifs is 3. The van der Waals surface area contributed by atoms with E-state index in [9.17, 15) is 0 Å². The topological polar surface area (TPSA) is 21.3 Å². The molecule has 0 aromatic heterocycles. The van der Waals surface area contributed by atoms with E-state index in [2.05, 4.69) is 54.0 Å². The first-order valence-electron chi connectivity index (χ1n) is 7.53. The summed E-state index contributed by atoms with van der Waals surface area (Å²) in [5, 5.41) is 0. The van der Waals surface area contributed by atoms with Crippen LogP contribution in [0.5, 0.6) is 0 Å². The number of nitrogens with one attached hydrogen (secondary N) is 1. The molecule has 2 aromatic carbocycles. The lowest BCUT2D eigenvalue weighted by Crippen LogP contribution is -2.26. The van der Waals surface area contributed by atoms with Gasteiger partial charge in [-0.25, -0.2) is 0 Å². The summed E-state index contributed by atoms with van der Waals surface area (Å²) in [5.41, 5.74) is 8.65. The van der Waals surface area contributed by atoms with Crippen molar-refractivity contribution < 1.29 is 4.84 Å². The summed E-state index contributed by atoms with van der Waals surface area (Å²) in [4.78, 5) is 5.95. The molecule has 0 saturated heterocycles. The molecule has 2 heteroatoms. The zero-order valence-electron chi connectivity index (χ0n) is 11.5. The first-order chi connectivity index (χ1) is 9.93. The minimum absolute atomic E-state index is 0.169. The second-order valence-corrected chi connectivity index (χ2v) is 5.75. The number of hydrogen-bond acceptors (Lipinski definition) is 2. The Morgan fingerprint density at radius 3 is 1.95 bits per heavy atom. The Kier molecular flexibility index (Phi) is 3.06. The van der Waals surface area contributed by atoms with Gasteiger partial charge in [0.05, 0.1) is 12.1 Å². The predicted molar refractivity (Wildman–Crippen MR) is 80.2 cm³/mol. The summed E-state index contributed by atoms with van der Waals surface area (Å²) < 4.78 is 0. The Balaban J connectivity index is 1.64. The average molecular weight is 265 g/mol. The second kappa shape index (κ2) is 5.04. The quantitative estimate of drug-likeness (QED) is 0.839. The van der Waals surface area contributed by atoms with Gasteiger partial charge in [0.25, 0.3) is 0 Å². The van der Waals surface area contributed by atoms with Gasteiger partial charge in [-0.3, -0.25) is 4.84 Å². The molecule has 2 aliphatic carbocycles. The van der Waals surface area contributed by atoms with Gasteiger partial charge in [-0.2, -0.15) is 5.48 Å². The van der Waals surface area contributed by atoms with Crippen LogP contribution in [0.15, 0.2) is 48.5 Å². The molecule has 1 fully saturated rings. The molecule has 102 valence electrons. The Morgan fingerprint density at radius 1 is 0.800 bits per heavy atom. The summed E-state index contributed by atoms with van der Waals surface area (Å²) in [6, 6.07) is 17.4. The van der Waals surface area contributed by atoms with E-state index in [1.54, 1.807) is 0 Å². The van der Waals surface area contributed by atoms with Crippen molar-refractivity contribution in [3.63, 3.8) is 0 Å². The Bertz CT molecular complexity index is 571. The van der Waals surface area contributed by atoms with Crippen molar-refractivity contribution in [2.75, 3.05) is 0 Å². The van der Waals surface area contributed by atoms with Crippen LogP contribution in [0.4, 0.5) is 0 Å². The molecule has 20 heavy (non-hydrogen) atoms. The van der Waals surface area contributed by atoms with Crippen molar-refractivity contribution in [1.29, 1.82) is 0 Å². The largest absolute Gasteiger partial charge is 0.298 e. The molecule has 0 unspecified atom stereocenters. The van der Waals surface area contributed by atoms with Crippen molar-refractivity contribution in [2.24, 2.45) is 0 Å². The molecule has 0 aliphatic heterocycles. The smallest absolute Gasteiger partial charge is 0.0833 e. The van der Waals surface area contributed by atoms with Crippen molar-refractivity contribution in [3.05, 3.63) is 59.7 Å². The van der Waals surface area contributed by atoms with E-state index < -0.39 is 0 Å². The molecule has 2 nitrogen and oxygen atoms in total. The third kappa shape index (κ3) is 1.96. The lowest BCUT2D eigenvalue weighted by Gasteiger charge is -2.19. The van der Waals surface area contributed by atoms with Crippen molar-refractivity contribution in [1.82, 2.24) is 5.48 Å². The van der Waals surface area contributed by atoms with E-state index >= 15 is 0 Å². The van der Waals surface area contributed by atoms with E-state index in [1.807, 2.05) is 0 Å². The fraction of sp³-hybridized carbons (Fsp3) is 0.333. The molecule has 4 rings (SSSR count). The normalized spacial score (nSPS) is 18.2. The highest BCUT2D eigenvalue weighted by Crippen LogP contribution is 2.43. The maximum atomic E-state index is 5.95. The molecule has 0 heterocycles. The molecule has 0 bridgehead atoms. The summed E-state index contributed by atoms with van der Waals surface area (Å²) in [7, 11) is 0. The minimum atomic E-state index is 0.169. The number of hydrogen-bond donors (Lipinski definition) is 1. The molecule has 2 aliphatic rings. The minimum Gasteiger partial charge on any atom is -0.298 e. The van der Waals surface area contributed by atoms with Crippen molar-refractivity contribution >= 4 is 0 Å². The molecule has 1 saturated carbocycles. The maximum absolute atomic E-state index is 5.95. The SMILES string of the molecule is c1ccc2c(c1)-c1ccccc1C2NOC1CCCC1. The highest BCUT2D eigenvalue weighted by Gasteiger charge is 2.29.